The highest BCUT2D eigenvalue weighted by molar-refractivity contribution is 6.30. The van der Waals surface area contributed by atoms with Gasteiger partial charge in [-0.15, -0.1) is 0 Å². The zero-order chi connectivity index (χ0) is 28.9. The summed E-state index contributed by atoms with van der Waals surface area (Å²) in [4.78, 5) is 31.8. The zero-order valence-electron chi connectivity index (χ0n) is 23.6. The van der Waals surface area contributed by atoms with E-state index in [1.807, 2.05) is 47.5 Å². The highest BCUT2D eigenvalue weighted by atomic mass is 35.5. The number of carbonyl (C=O) groups excluding carboxylic acids is 1. The van der Waals surface area contributed by atoms with Crippen LogP contribution in [-0.4, -0.2) is 67.7 Å². The van der Waals surface area contributed by atoms with Gasteiger partial charge in [-0.2, -0.15) is 0 Å². The van der Waals surface area contributed by atoms with Gasteiger partial charge < -0.3 is 25.2 Å². The van der Waals surface area contributed by atoms with E-state index in [0.717, 1.165) is 43.6 Å². The number of anilines is 5. The normalized spacial score (nSPS) is 17.5. The summed E-state index contributed by atoms with van der Waals surface area (Å²) >= 11 is 6.10. The first kappa shape index (κ1) is 28.7. The van der Waals surface area contributed by atoms with Gasteiger partial charge in [-0.05, 0) is 56.8 Å². The van der Waals surface area contributed by atoms with Crippen molar-refractivity contribution in [3.8, 4) is 5.75 Å². The zero-order valence-corrected chi connectivity index (χ0v) is 24.4. The fourth-order valence-corrected chi connectivity index (χ4v) is 5.49. The van der Waals surface area contributed by atoms with E-state index in [-0.39, 0.29) is 11.9 Å². The largest absolute Gasteiger partial charge is 0.494 e. The van der Waals surface area contributed by atoms with E-state index in [9.17, 15) is 4.79 Å². The second-order valence-electron chi connectivity index (χ2n) is 10.3. The number of hydrogen-bond acceptors (Lipinski definition) is 9. The Balaban J connectivity index is 1.42. The van der Waals surface area contributed by atoms with Crippen LogP contribution < -0.4 is 25.3 Å². The second-order valence-corrected chi connectivity index (χ2v) is 10.8. The van der Waals surface area contributed by atoms with Crippen LogP contribution in [0.1, 0.15) is 30.9 Å². The number of rotatable bonds is 9. The van der Waals surface area contributed by atoms with Crippen LogP contribution in [0, 0.1) is 0 Å². The molecule has 0 spiro atoms. The Hall–Kier alpha value is -3.86. The van der Waals surface area contributed by atoms with Crippen LogP contribution in [0.15, 0.2) is 61.4 Å². The molecule has 0 bridgehead atoms. The molecule has 1 aromatic heterocycles. The molecule has 10 nitrogen and oxygen atoms in total. The van der Waals surface area contributed by atoms with Crippen LogP contribution >= 0.6 is 11.6 Å². The Kier molecular flexibility index (Phi) is 8.92. The average molecular weight is 578 g/mol. The van der Waals surface area contributed by atoms with Crippen molar-refractivity contribution in [3.05, 3.63) is 72.0 Å². The standard InChI is InChI=1S/C30H36ClN7O3/c1-5-30(39)35-23-16-24(27(40-4)17-26(23)37-13-10-22(11-14-37)36(2)3)34-28-18-29(33-19-32-28)38-25(12-15-41-38)20-6-8-21(31)9-7-20/h5-9,16-19,22,25H,1,10-15H2,2-4H3,(H,35,39)(H,32,33,34). The summed E-state index contributed by atoms with van der Waals surface area (Å²) in [7, 11) is 5.86. The third-order valence-electron chi connectivity index (χ3n) is 7.60. The number of halogens is 1. The summed E-state index contributed by atoms with van der Waals surface area (Å²) in [6.45, 7) is 5.94. The van der Waals surface area contributed by atoms with Crippen molar-refractivity contribution in [1.29, 1.82) is 0 Å². The molecular formula is C30H36ClN7O3. The van der Waals surface area contributed by atoms with Crippen molar-refractivity contribution < 1.29 is 14.4 Å². The van der Waals surface area contributed by atoms with Gasteiger partial charge in [0.1, 0.15) is 17.9 Å². The minimum atomic E-state index is -0.283. The highest BCUT2D eigenvalue weighted by Gasteiger charge is 2.29. The summed E-state index contributed by atoms with van der Waals surface area (Å²) in [6, 6.07) is 14.0. The van der Waals surface area contributed by atoms with Crippen LogP contribution in [0.2, 0.25) is 5.02 Å². The summed E-state index contributed by atoms with van der Waals surface area (Å²) < 4.78 is 5.79. The maximum atomic E-state index is 12.4. The van der Waals surface area contributed by atoms with Crippen LogP contribution in [-0.2, 0) is 9.63 Å². The lowest BCUT2D eigenvalue weighted by atomic mass is 10.0. The molecule has 216 valence electrons. The molecular weight excluding hydrogens is 542 g/mol. The number of nitrogens with zero attached hydrogens (tertiary/aromatic N) is 5. The summed E-state index contributed by atoms with van der Waals surface area (Å²) in [5.74, 6) is 1.52. The predicted molar refractivity (Wildman–Crippen MR) is 163 cm³/mol. The Morgan fingerprint density at radius 2 is 1.88 bits per heavy atom. The quantitative estimate of drug-likeness (QED) is 0.323. The second kappa shape index (κ2) is 12.8. The van der Waals surface area contributed by atoms with E-state index < -0.39 is 0 Å². The SMILES string of the molecule is C=CC(=O)Nc1cc(Nc2cc(N3OCCC3c3ccc(Cl)cc3)ncn2)c(OC)cc1N1CCC(N(C)C)CC1. The van der Waals surface area contributed by atoms with Crippen molar-refractivity contribution in [3.63, 3.8) is 0 Å². The molecule has 1 atom stereocenters. The van der Waals surface area contributed by atoms with Gasteiger partial charge in [-0.1, -0.05) is 30.3 Å². The fourth-order valence-electron chi connectivity index (χ4n) is 5.36. The molecule has 2 aromatic carbocycles. The van der Waals surface area contributed by atoms with Gasteiger partial charge in [0.05, 0.1) is 36.8 Å². The first-order chi connectivity index (χ1) is 19.9. The van der Waals surface area contributed by atoms with Crippen LogP contribution in [0.4, 0.5) is 28.7 Å². The third-order valence-corrected chi connectivity index (χ3v) is 7.85. The lowest BCUT2D eigenvalue weighted by Crippen LogP contribution is -2.42. The van der Waals surface area contributed by atoms with Crippen LogP contribution in [0.5, 0.6) is 5.75 Å². The minimum absolute atomic E-state index is 0.00110. The number of amides is 1. The average Bonchev–Trinajstić information content (AvgIpc) is 3.48. The van der Waals surface area contributed by atoms with Crippen molar-refractivity contribution in [1.82, 2.24) is 14.9 Å². The van der Waals surface area contributed by atoms with Crippen molar-refractivity contribution in [2.24, 2.45) is 0 Å². The van der Waals surface area contributed by atoms with Crippen molar-refractivity contribution in [2.75, 3.05) is 61.5 Å². The molecule has 2 aliphatic heterocycles. The Labute approximate surface area is 245 Å². The molecule has 3 heterocycles. The minimum Gasteiger partial charge on any atom is -0.494 e. The number of methoxy groups -OCH3 is 1. The molecule has 3 aromatic rings. The molecule has 41 heavy (non-hydrogen) atoms. The monoisotopic (exact) mass is 577 g/mol. The lowest BCUT2D eigenvalue weighted by molar-refractivity contribution is -0.111. The molecule has 2 N–H and O–H groups in total. The Bertz CT molecular complexity index is 1380. The van der Waals surface area contributed by atoms with E-state index in [1.54, 1.807) is 7.11 Å². The van der Waals surface area contributed by atoms with E-state index in [2.05, 4.69) is 51.1 Å². The Morgan fingerprint density at radius 1 is 1.12 bits per heavy atom. The van der Waals surface area contributed by atoms with Crippen LogP contribution in [0.3, 0.4) is 0 Å². The maximum Gasteiger partial charge on any atom is 0.247 e. The Morgan fingerprint density at radius 3 is 2.56 bits per heavy atom. The number of hydroxylamine groups is 1. The van der Waals surface area contributed by atoms with E-state index in [1.165, 1.54) is 12.4 Å². The van der Waals surface area contributed by atoms with Gasteiger partial charge in [0, 0.05) is 42.7 Å². The molecule has 0 saturated carbocycles. The summed E-state index contributed by atoms with van der Waals surface area (Å²) in [5, 5.41) is 8.83. The predicted octanol–water partition coefficient (Wildman–Crippen LogP) is 5.42. The molecule has 1 amide bonds. The molecule has 5 rings (SSSR count). The molecule has 1 unspecified atom stereocenters. The van der Waals surface area contributed by atoms with Gasteiger partial charge in [0.15, 0.2) is 5.82 Å². The number of carbonyl (C=O) groups is 1. The van der Waals surface area contributed by atoms with Crippen LogP contribution in [0.25, 0.3) is 0 Å². The first-order valence-corrected chi connectivity index (χ1v) is 14.1. The number of ether oxygens (including phenoxy) is 1. The first-order valence-electron chi connectivity index (χ1n) is 13.7. The molecule has 2 aliphatic rings. The number of hydrogen-bond donors (Lipinski definition) is 2. The molecule has 2 saturated heterocycles. The van der Waals surface area contributed by atoms with Crippen molar-refractivity contribution in [2.45, 2.75) is 31.3 Å². The summed E-state index contributed by atoms with van der Waals surface area (Å²) in [5.41, 5.74) is 3.32. The van der Waals surface area contributed by atoms with Gasteiger partial charge in [0.2, 0.25) is 5.91 Å². The number of benzene rings is 2. The molecule has 0 aliphatic carbocycles. The number of nitrogens with one attached hydrogen (secondary N) is 2. The van der Waals surface area contributed by atoms with E-state index in [4.69, 9.17) is 21.2 Å². The fraction of sp³-hybridized carbons (Fsp3) is 0.367. The topological polar surface area (TPSA) is 95.1 Å². The third kappa shape index (κ3) is 6.56. The molecule has 11 heteroatoms. The van der Waals surface area contributed by atoms with Gasteiger partial charge in [0.25, 0.3) is 0 Å². The van der Waals surface area contributed by atoms with E-state index >= 15 is 0 Å². The lowest BCUT2D eigenvalue weighted by Gasteiger charge is -2.37. The van der Waals surface area contributed by atoms with E-state index in [0.29, 0.717) is 46.4 Å². The van der Waals surface area contributed by atoms with Gasteiger partial charge in [-0.25, -0.2) is 15.0 Å². The molecule has 0 radical (unpaired) electrons. The smallest absolute Gasteiger partial charge is 0.247 e. The number of aromatic nitrogens is 2. The maximum absolute atomic E-state index is 12.4. The van der Waals surface area contributed by atoms with Gasteiger partial charge >= 0.3 is 0 Å². The number of piperidine rings is 1. The molecule has 2 fully saturated rings. The van der Waals surface area contributed by atoms with Crippen molar-refractivity contribution >= 4 is 46.2 Å². The highest BCUT2D eigenvalue weighted by Crippen LogP contribution is 2.40. The summed E-state index contributed by atoms with van der Waals surface area (Å²) in [6.07, 6.45) is 5.65. The van der Waals surface area contributed by atoms with Gasteiger partial charge in [-0.3, -0.25) is 9.63 Å².